The summed E-state index contributed by atoms with van der Waals surface area (Å²) in [5, 5.41) is 0. The monoisotopic (exact) mass is 334 g/mol. The van der Waals surface area contributed by atoms with Gasteiger partial charge in [0.05, 0.1) is 6.61 Å². The highest BCUT2D eigenvalue weighted by atomic mass is 16.6. The van der Waals surface area contributed by atoms with Crippen LogP contribution in [0.3, 0.4) is 0 Å². The van der Waals surface area contributed by atoms with E-state index in [0.717, 1.165) is 18.4 Å². The van der Waals surface area contributed by atoms with Crippen molar-refractivity contribution in [1.29, 1.82) is 0 Å². The predicted octanol–water partition coefficient (Wildman–Crippen LogP) is 4.87. The summed E-state index contributed by atoms with van der Waals surface area (Å²) in [6.07, 6.45) is 2.44. The van der Waals surface area contributed by atoms with Gasteiger partial charge in [0.1, 0.15) is 5.75 Å². The SMILES string of the molecule is CCCCOC(=O)C(CC)(CC)C(=O)Oc1ccccc1C(C)C. The number of hydrogen-bond donors (Lipinski definition) is 0. The van der Waals surface area contributed by atoms with Crippen LogP contribution in [0.4, 0.5) is 0 Å². The Morgan fingerprint density at radius 2 is 1.67 bits per heavy atom. The average molecular weight is 334 g/mol. The number of hydrogen-bond acceptors (Lipinski definition) is 4. The smallest absolute Gasteiger partial charge is 0.328 e. The fourth-order valence-electron chi connectivity index (χ4n) is 2.61. The minimum Gasteiger partial charge on any atom is -0.465 e. The summed E-state index contributed by atoms with van der Waals surface area (Å²) in [6.45, 7) is 10.1. The number of para-hydroxylation sites is 1. The molecule has 1 aromatic carbocycles. The molecule has 0 fully saturated rings. The van der Waals surface area contributed by atoms with Gasteiger partial charge in [-0.2, -0.15) is 0 Å². The molecule has 0 saturated heterocycles. The van der Waals surface area contributed by atoms with E-state index in [-0.39, 0.29) is 5.92 Å². The lowest BCUT2D eigenvalue weighted by molar-refractivity contribution is -0.168. The van der Waals surface area contributed by atoms with Crippen molar-refractivity contribution in [3.05, 3.63) is 29.8 Å². The van der Waals surface area contributed by atoms with Crippen molar-refractivity contribution < 1.29 is 19.1 Å². The molecule has 0 aliphatic rings. The van der Waals surface area contributed by atoms with E-state index >= 15 is 0 Å². The van der Waals surface area contributed by atoms with E-state index in [4.69, 9.17) is 9.47 Å². The van der Waals surface area contributed by atoms with Crippen molar-refractivity contribution in [3.63, 3.8) is 0 Å². The van der Waals surface area contributed by atoms with Crippen molar-refractivity contribution in [3.8, 4) is 5.75 Å². The van der Waals surface area contributed by atoms with Gasteiger partial charge < -0.3 is 9.47 Å². The molecule has 0 atom stereocenters. The first kappa shape index (κ1) is 20.2. The van der Waals surface area contributed by atoms with Crippen LogP contribution < -0.4 is 4.74 Å². The average Bonchev–Trinajstić information content (AvgIpc) is 2.57. The van der Waals surface area contributed by atoms with E-state index in [1.54, 1.807) is 6.07 Å². The Labute approximate surface area is 145 Å². The number of carbonyl (C=O) groups is 2. The Balaban J connectivity index is 3.00. The number of benzene rings is 1. The van der Waals surface area contributed by atoms with Crippen LogP contribution in [-0.2, 0) is 14.3 Å². The van der Waals surface area contributed by atoms with Crippen LogP contribution >= 0.6 is 0 Å². The van der Waals surface area contributed by atoms with E-state index in [1.807, 2.05) is 52.8 Å². The fraction of sp³-hybridized carbons (Fsp3) is 0.600. The van der Waals surface area contributed by atoms with Gasteiger partial charge in [0.25, 0.3) is 0 Å². The maximum atomic E-state index is 12.8. The van der Waals surface area contributed by atoms with Crippen LogP contribution in [0, 0.1) is 5.41 Å². The van der Waals surface area contributed by atoms with Crippen LogP contribution in [0.2, 0.25) is 0 Å². The fourth-order valence-corrected chi connectivity index (χ4v) is 2.61. The molecule has 0 heterocycles. The Morgan fingerprint density at radius 3 is 2.21 bits per heavy atom. The second-order valence-corrected chi connectivity index (χ2v) is 6.36. The summed E-state index contributed by atoms with van der Waals surface area (Å²) in [7, 11) is 0. The Bertz CT molecular complexity index is 544. The van der Waals surface area contributed by atoms with Gasteiger partial charge in [-0.15, -0.1) is 0 Å². The molecular weight excluding hydrogens is 304 g/mol. The van der Waals surface area contributed by atoms with Crippen LogP contribution in [0.25, 0.3) is 0 Å². The molecule has 0 amide bonds. The standard InChI is InChI=1S/C20H30O4/c1-6-9-14-23-18(21)20(7-2,8-3)19(22)24-17-13-11-10-12-16(17)15(4)5/h10-13,15H,6-9,14H2,1-5H3. The number of rotatable bonds is 9. The summed E-state index contributed by atoms with van der Waals surface area (Å²) in [4.78, 5) is 25.4. The largest absolute Gasteiger partial charge is 0.465 e. The van der Waals surface area contributed by atoms with Crippen molar-refractivity contribution in [2.75, 3.05) is 6.61 Å². The summed E-state index contributed by atoms with van der Waals surface area (Å²) in [5.41, 5.74) is -0.288. The van der Waals surface area contributed by atoms with Gasteiger partial charge in [-0.3, -0.25) is 9.59 Å². The molecule has 0 bridgehead atoms. The molecule has 1 aromatic rings. The zero-order valence-corrected chi connectivity index (χ0v) is 15.6. The molecule has 0 aromatic heterocycles. The highest BCUT2D eigenvalue weighted by Gasteiger charge is 2.46. The molecule has 134 valence electrons. The Morgan fingerprint density at radius 1 is 1.04 bits per heavy atom. The molecule has 0 radical (unpaired) electrons. The van der Waals surface area contributed by atoms with Gasteiger partial charge >= 0.3 is 11.9 Å². The molecule has 4 nitrogen and oxygen atoms in total. The zero-order valence-electron chi connectivity index (χ0n) is 15.6. The van der Waals surface area contributed by atoms with E-state index in [2.05, 4.69) is 0 Å². The van der Waals surface area contributed by atoms with Crippen molar-refractivity contribution in [1.82, 2.24) is 0 Å². The normalized spacial score (nSPS) is 11.4. The number of esters is 2. The first-order valence-electron chi connectivity index (χ1n) is 8.91. The Hall–Kier alpha value is -1.84. The third-order valence-electron chi connectivity index (χ3n) is 4.46. The minimum absolute atomic E-state index is 0.225. The molecule has 0 unspecified atom stereocenters. The number of carbonyl (C=O) groups excluding carboxylic acids is 2. The third-order valence-corrected chi connectivity index (χ3v) is 4.46. The van der Waals surface area contributed by atoms with Crippen LogP contribution in [-0.4, -0.2) is 18.5 Å². The third kappa shape index (κ3) is 4.59. The van der Waals surface area contributed by atoms with E-state index < -0.39 is 17.4 Å². The van der Waals surface area contributed by atoms with Crippen LogP contribution in [0.5, 0.6) is 5.75 Å². The van der Waals surface area contributed by atoms with E-state index in [9.17, 15) is 9.59 Å². The van der Waals surface area contributed by atoms with Gasteiger partial charge in [0, 0.05) is 0 Å². The first-order chi connectivity index (χ1) is 11.4. The van der Waals surface area contributed by atoms with Crippen LogP contribution in [0.15, 0.2) is 24.3 Å². The number of unbranched alkanes of at least 4 members (excludes halogenated alkanes) is 1. The lowest BCUT2D eigenvalue weighted by atomic mass is 9.82. The number of ether oxygens (including phenoxy) is 2. The van der Waals surface area contributed by atoms with Gasteiger partial charge in [0.15, 0.2) is 5.41 Å². The minimum atomic E-state index is -1.24. The second-order valence-electron chi connectivity index (χ2n) is 6.36. The van der Waals surface area contributed by atoms with Gasteiger partial charge in [-0.1, -0.05) is 59.2 Å². The first-order valence-corrected chi connectivity index (χ1v) is 8.91. The van der Waals surface area contributed by atoms with Crippen molar-refractivity contribution in [2.24, 2.45) is 5.41 Å². The molecule has 0 N–H and O–H groups in total. The second kappa shape index (κ2) is 9.45. The Kier molecular flexibility index (Phi) is 7.96. The molecule has 0 aliphatic carbocycles. The highest BCUT2D eigenvalue weighted by Crippen LogP contribution is 2.33. The lowest BCUT2D eigenvalue weighted by Crippen LogP contribution is -2.42. The predicted molar refractivity (Wildman–Crippen MR) is 95.0 cm³/mol. The maximum Gasteiger partial charge on any atom is 0.328 e. The molecular formula is C20H30O4. The molecule has 24 heavy (non-hydrogen) atoms. The topological polar surface area (TPSA) is 52.6 Å². The van der Waals surface area contributed by atoms with Crippen LogP contribution in [0.1, 0.15) is 71.8 Å². The van der Waals surface area contributed by atoms with Gasteiger partial charge in [-0.25, -0.2) is 0 Å². The van der Waals surface area contributed by atoms with Gasteiger partial charge in [-0.05, 0) is 36.8 Å². The molecule has 4 heteroatoms. The summed E-state index contributed by atoms with van der Waals surface area (Å²) < 4.78 is 11.0. The molecule has 0 aliphatic heterocycles. The van der Waals surface area contributed by atoms with Crippen molar-refractivity contribution in [2.45, 2.75) is 66.2 Å². The summed E-state index contributed by atoms with van der Waals surface area (Å²) in [6, 6.07) is 7.45. The van der Waals surface area contributed by atoms with E-state index in [1.165, 1.54) is 0 Å². The highest BCUT2D eigenvalue weighted by molar-refractivity contribution is 6.00. The van der Waals surface area contributed by atoms with Crippen molar-refractivity contribution >= 4 is 11.9 Å². The quantitative estimate of drug-likeness (QED) is 0.280. The summed E-state index contributed by atoms with van der Waals surface area (Å²) >= 11 is 0. The zero-order chi connectivity index (χ0) is 18.2. The van der Waals surface area contributed by atoms with Gasteiger partial charge in [0.2, 0.25) is 0 Å². The molecule has 0 spiro atoms. The lowest BCUT2D eigenvalue weighted by Gasteiger charge is -2.27. The summed E-state index contributed by atoms with van der Waals surface area (Å²) in [5.74, 6) is -0.261. The van der Waals surface area contributed by atoms with E-state index in [0.29, 0.717) is 25.2 Å². The molecule has 1 rings (SSSR count). The maximum absolute atomic E-state index is 12.8. The molecule has 0 saturated carbocycles.